The molecule has 0 saturated heterocycles. The Morgan fingerprint density at radius 2 is 2.19 bits per heavy atom. The molecule has 0 amide bonds. The first-order valence-corrected chi connectivity index (χ1v) is 6.44. The zero-order valence-electron chi connectivity index (χ0n) is 8.14. The van der Waals surface area contributed by atoms with Crippen molar-refractivity contribution >= 4 is 51.2 Å². The second-order valence-corrected chi connectivity index (χ2v) is 4.89. The zero-order valence-corrected chi connectivity index (χ0v) is 12.5. The van der Waals surface area contributed by atoms with Gasteiger partial charge in [0, 0.05) is 15.3 Å². The van der Waals surface area contributed by atoms with Crippen LogP contribution in [-0.2, 0) is 4.74 Å². The summed E-state index contributed by atoms with van der Waals surface area (Å²) in [5.74, 6) is -0.756. The van der Waals surface area contributed by atoms with Gasteiger partial charge in [0.05, 0.1) is 6.61 Å². The molecule has 0 radical (unpaired) electrons. The smallest absolute Gasteiger partial charge is 0.341 e. The van der Waals surface area contributed by atoms with Crippen LogP contribution in [0.3, 0.4) is 0 Å². The van der Waals surface area contributed by atoms with Crippen molar-refractivity contribution in [2.75, 3.05) is 6.61 Å². The Hall–Kier alpha value is -0.0600. The minimum atomic E-state index is -2.72. The summed E-state index contributed by atoms with van der Waals surface area (Å²) in [5, 5.41) is 0. The van der Waals surface area contributed by atoms with Gasteiger partial charge in [-0.3, -0.25) is 0 Å². The van der Waals surface area contributed by atoms with Crippen LogP contribution < -0.4 is 0 Å². The standard InChI is InChI=1S/C9H7F2I2NO2/c1-2-16-9(15)6-5(7(10)11)4(12)3-14-8(6)13/h3,7H,2H2,1H3. The molecule has 0 unspecified atom stereocenters. The first kappa shape index (κ1) is 14.0. The summed E-state index contributed by atoms with van der Waals surface area (Å²) >= 11 is 3.47. The number of alkyl halides is 2. The van der Waals surface area contributed by atoms with Crippen LogP contribution in [0, 0.1) is 7.27 Å². The van der Waals surface area contributed by atoms with Gasteiger partial charge in [-0.05, 0) is 52.1 Å². The summed E-state index contributed by atoms with van der Waals surface area (Å²) in [6, 6.07) is 0. The minimum absolute atomic E-state index is 0.135. The molecule has 0 N–H and O–H groups in total. The van der Waals surface area contributed by atoms with E-state index in [-0.39, 0.29) is 25.0 Å². The molecule has 3 nitrogen and oxygen atoms in total. The third kappa shape index (κ3) is 2.99. The number of esters is 1. The van der Waals surface area contributed by atoms with Gasteiger partial charge in [0.25, 0.3) is 6.43 Å². The molecule has 7 heteroatoms. The topological polar surface area (TPSA) is 39.2 Å². The van der Waals surface area contributed by atoms with Crippen molar-refractivity contribution in [3.63, 3.8) is 0 Å². The van der Waals surface area contributed by atoms with Gasteiger partial charge in [-0.15, -0.1) is 0 Å². The van der Waals surface area contributed by atoms with Crippen molar-refractivity contribution in [1.82, 2.24) is 4.98 Å². The Morgan fingerprint density at radius 3 is 2.69 bits per heavy atom. The highest BCUT2D eigenvalue weighted by molar-refractivity contribution is 14.1. The fraction of sp³-hybridized carbons (Fsp3) is 0.333. The van der Waals surface area contributed by atoms with Crippen LogP contribution in [0.2, 0.25) is 0 Å². The molecule has 16 heavy (non-hydrogen) atoms. The maximum Gasteiger partial charge on any atom is 0.341 e. The average molecular weight is 453 g/mol. The fourth-order valence-corrected chi connectivity index (χ4v) is 2.38. The van der Waals surface area contributed by atoms with Crippen molar-refractivity contribution in [3.05, 3.63) is 24.6 Å². The van der Waals surface area contributed by atoms with Gasteiger partial charge in [-0.1, -0.05) is 0 Å². The molecule has 0 fully saturated rings. The van der Waals surface area contributed by atoms with Gasteiger partial charge in [-0.25, -0.2) is 18.6 Å². The van der Waals surface area contributed by atoms with Gasteiger partial charge in [0.1, 0.15) is 9.26 Å². The number of hydrogen-bond acceptors (Lipinski definition) is 3. The number of pyridine rings is 1. The number of nitrogens with zero attached hydrogens (tertiary/aromatic N) is 1. The van der Waals surface area contributed by atoms with Gasteiger partial charge in [-0.2, -0.15) is 0 Å². The summed E-state index contributed by atoms with van der Waals surface area (Å²) in [6.45, 7) is 1.76. The van der Waals surface area contributed by atoms with E-state index in [1.165, 1.54) is 6.20 Å². The van der Waals surface area contributed by atoms with Crippen LogP contribution >= 0.6 is 45.2 Å². The summed E-state index contributed by atoms with van der Waals surface area (Å²) in [4.78, 5) is 15.4. The molecular formula is C9H7F2I2NO2. The molecule has 0 aromatic carbocycles. The van der Waals surface area contributed by atoms with Crippen LogP contribution in [0.25, 0.3) is 0 Å². The van der Waals surface area contributed by atoms with Crippen molar-refractivity contribution < 1.29 is 18.3 Å². The normalized spacial score (nSPS) is 10.6. The summed E-state index contributed by atoms with van der Waals surface area (Å²) < 4.78 is 30.9. The van der Waals surface area contributed by atoms with E-state index < -0.39 is 12.4 Å². The number of rotatable bonds is 3. The molecular weight excluding hydrogens is 446 g/mol. The molecule has 0 aliphatic heterocycles. The second kappa shape index (κ2) is 6.03. The quantitative estimate of drug-likeness (QED) is 0.401. The Balaban J connectivity index is 3.34. The van der Waals surface area contributed by atoms with E-state index in [9.17, 15) is 13.6 Å². The highest BCUT2D eigenvalue weighted by atomic mass is 127. The fourth-order valence-electron chi connectivity index (χ4n) is 1.09. The number of halogens is 4. The molecule has 0 atom stereocenters. The molecule has 0 aliphatic rings. The predicted octanol–water partition coefficient (Wildman–Crippen LogP) is 3.41. The lowest BCUT2D eigenvalue weighted by atomic mass is 10.1. The Morgan fingerprint density at radius 1 is 1.56 bits per heavy atom. The van der Waals surface area contributed by atoms with Gasteiger partial charge >= 0.3 is 5.97 Å². The Labute approximate surface area is 118 Å². The average Bonchev–Trinajstić information content (AvgIpc) is 2.20. The van der Waals surface area contributed by atoms with E-state index in [1.807, 2.05) is 0 Å². The second-order valence-electron chi connectivity index (χ2n) is 2.71. The number of carbonyl (C=O) groups excluding carboxylic acids is 1. The van der Waals surface area contributed by atoms with Crippen molar-refractivity contribution in [2.24, 2.45) is 0 Å². The summed E-state index contributed by atoms with van der Waals surface area (Å²) in [5.41, 5.74) is -0.442. The summed E-state index contributed by atoms with van der Waals surface area (Å²) in [7, 11) is 0. The van der Waals surface area contributed by atoms with Gasteiger partial charge < -0.3 is 4.74 Å². The highest BCUT2D eigenvalue weighted by Crippen LogP contribution is 2.30. The van der Waals surface area contributed by atoms with Crippen LogP contribution in [0.15, 0.2) is 6.20 Å². The van der Waals surface area contributed by atoms with Crippen molar-refractivity contribution in [3.8, 4) is 0 Å². The maximum atomic E-state index is 12.8. The number of aromatic nitrogens is 1. The first-order valence-electron chi connectivity index (χ1n) is 4.28. The van der Waals surface area contributed by atoms with Crippen molar-refractivity contribution in [2.45, 2.75) is 13.3 Å². The lowest BCUT2D eigenvalue weighted by Crippen LogP contribution is -2.13. The molecule has 1 rings (SSSR count). The molecule has 88 valence electrons. The monoisotopic (exact) mass is 453 g/mol. The van der Waals surface area contributed by atoms with Gasteiger partial charge in [0.2, 0.25) is 0 Å². The number of carbonyl (C=O) groups is 1. The Bertz CT molecular complexity index is 413. The van der Waals surface area contributed by atoms with E-state index in [0.717, 1.165) is 0 Å². The van der Waals surface area contributed by atoms with Crippen molar-refractivity contribution in [1.29, 1.82) is 0 Å². The lowest BCUT2D eigenvalue weighted by molar-refractivity contribution is 0.0513. The van der Waals surface area contributed by atoms with Crippen LogP contribution in [0.4, 0.5) is 8.78 Å². The Kier molecular flexibility index (Phi) is 5.28. The molecule has 1 aromatic rings. The molecule has 1 aromatic heterocycles. The predicted molar refractivity (Wildman–Crippen MR) is 70.6 cm³/mol. The third-order valence-electron chi connectivity index (χ3n) is 1.72. The number of hydrogen-bond donors (Lipinski definition) is 0. The van der Waals surface area contributed by atoms with E-state index in [0.29, 0.717) is 0 Å². The van der Waals surface area contributed by atoms with Crippen LogP contribution in [0.1, 0.15) is 29.3 Å². The zero-order chi connectivity index (χ0) is 12.3. The third-order valence-corrected chi connectivity index (χ3v) is 3.40. The highest BCUT2D eigenvalue weighted by Gasteiger charge is 2.25. The molecule has 0 aliphatic carbocycles. The van der Waals surface area contributed by atoms with Crippen LogP contribution in [-0.4, -0.2) is 17.6 Å². The molecule has 0 bridgehead atoms. The van der Waals surface area contributed by atoms with E-state index in [2.05, 4.69) is 4.98 Å². The maximum absolute atomic E-state index is 12.8. The first-order chi connectivity index (χ1) is 7.49. The largest absolute Gasteiger partial charge is 0.462 e. The summed E-state index contributed by atoms with van der Waals surface area (Å²) in [6.07, 6.45) is -1.41. The lowest BCUT2D eigenvalue weighted by Gasteiger charge is -2.11. The molecule has 1 heterocycles. The van der Waals surface area contributed by atoms with E-state index in [4.69, 9.17) is 4.74 Å². The minimum Gasteiger partial charge on any atom is -0.462 e. The molecule has 0 saturated carbocycles. The van der Waals surface area contributed by atoms with Gasteiger partial charge in [0.15, 0.2) is 0 Å². The number of ether oxygens (including phenoxy) is 1. The van der Waals surface area contributed by atoms with Crippen LogP contribution in [0.5, 0.6) is 0 Å². The van der Waals surface area contributed by atoms with E-state index in [1.54, 1.807) is 52.1 Å². The molecule has 0 spiro atoms. The van der Waals surface area contributed by atoms with E-state index >= 15 is 0 Å². The SMILES string of the molecule is CCOC(=O)c1c(I)ncc(I)c1C(F)F.